The van der Waals surface area contributed by atoms with Gasteiger partial charge in [0.25, 0.3) is 11.8 Å². The largest absolute Gasteiger partial charge is 0.355 e. The first-order valence-corrected chi connectivity index (χ1v) is 9.73. The molecule has 0 bridgehead atoms. The molecule has 6 nitrogen and oxygen atoms in total. The van der Waals surface area contributed by atoms with Crippen molar-refractivity contribution in [1.29, 1.82) is 0 Å². The highest BCUT2D eigenvalue weighted by Gasteiger charge is 2.60. The zero-order valence-electron chi connectivity index (χ0n) is 16.2. The zero-order chi connectivity index (χ0) is 22.5. The fourth-order valence-electron chi connectivity index (χ4n) is 3.94. The van der Waals surface area contributed by atoms with E-state index in [-0.39, 0.29) is 16.4 Å². The lowest BCUT2D eigenvalue weighted by atomic mass is 9.75. The lowest BCUT2D eigenvalue weighted by Gasteiger charge is -2.43. The summed E-state index contributed by atoms with van der Waals surface area (Å²) in [5, 5.41) is 2.20. The second kappa shape index (κ2) is 7.35. The number of amides is 2. The molecule has 158 valence electrons. The molecule has 1 aliphatic heterocycles. The van der Waals surface area contributed by atoms with Gasteiger partial charge in [0.05, 0.1) is 17.8 Å². The Morgan fingerprint density at radius 2 is 1.87 bits per heavy atom. The molecule has 0 radical (unpaired) electrons. The van der Waals surface area contributed by atoms with Gasteiger partial charge in [-0.3, -0.25) is 14.5 Å². The maximum atomic E-state index is 14.7. The Balaban J connectivity index is 1.81. The second-order valence-corrected chi connectivity index (χ2v) is 7.62. The average Bonchev–Trinajstić information content (AvgIpc) is 2.95. The molecule has 31 heavy (non-hydrogen) atoms. The van der Waals surface area contributed by atoms with Crippen LogP contribution in [-0.2, 0) is 4.79 Å². The summed E-state index contributed by atoms with van der Waals surface area (Å²) in [5.41, 5.74) is -2.01. The van der Waals surface area contributed by atoms with Gasteiger partial charge in [0.15, 0.2) is 5.11 Å². The minimum absolute atomic E-state index is 0.134. The molecule has 10 heteroatoms. The molecule has 1 aliphatic carbocycles. The molecular weight excluding hydrogens is 429 g/mol. The molecule has 4 rings (SSSR count). The Morgan fingerprint density at radius 1 is 1.16 bits per heavy atom. The number of benzene rings is 2. The number of thiocarbonyl (C=S) groups is 1. The monoisotopic (exact) mass is 444 g/mol. The summed E-state index contributed by atoms with van der Waals surface area (Å²) in [7, 11) is 1.37. The van der Waals surface area contributed by atoms with Crippen molar-refractivity contribution < 1.29 is 22.8 Å². The molecule has 0 aromatic heterocycles. The van der Waals surface area contributed by atoms with E-state index in [1.165, 1.54) is 24.1 Å². The number of halogens is 3. The van der Waals surface area contributed by atoms with Crippen LogP contribution in [0.25, 0.3) is 4.85 Å². The summed E-state index contributed by atoms with van der Waals surface area (Å²) < 4.78 is 43.5. The quantitative estimate of drug-likeness (QED) is 0.573. The van der Waals surface area contributed by atoms with Crippen LogP contribution in [0, 0.1) is 24.0 Å². The first-order chi connectivity index (χ1) is 14.7. The van der Waals surface area contributed by atoms with Crippen LogP contribution in [-0.4, -0.2) is 29.5 Å². The molecule has 2 aliphatic rings. The fourth-order valence-corrected chi connectivity index (χ4v) is 4.40. The van der Waals surface area contributed by atoms with Gasteiger partial charge in [0.2, 0.25) is 5.69 Å². The van der Waals surface area contributed by atoms with Crippen LogP contribution in [0.3, 0.4) is 0 Å². The third-order valence-electron chi connectivity index (χ3n) is 5.65. The highest BCUT2D eigenvalue weighted by atomic mass is 32.1. The van der Waals surface area contributed by atoms with Crippen LogP contribution in [0.15, 0.2) is 30.3 Å². The molecule has 1 saturated carbocycles. The maximum Gasteiger partial charge on any atom is 0.259 e. The molecule has 0 unspecified atom stereocenters. The van der Waals surface area contributed by atoms with Crippen molar-refractivity contribution in [2.45, 2.75) is 24.8 Å². The molecule has 2 amide bonds. The summed E-state index contributed by atoms with van der Waals surface area (Å²) >= 11 is 5.45. The van der Waals surface area contributed by atoms with E-state index in [9.17, 15) is 22.8 Å². The molecule has 1 spiro atoms. The van der Waals surface area contributed by atoms with Crippen molar-refractivity contribution in [2.24, 2.45) is 0 Å². The average molecular weight is 444 g/mol. The topological polar surface area (TPSA) is 57.0 Å². The minimum Gasteiger partial charge on any atom is -0.355 e. The summed E-state index contributed by atoms with van der Waals surface area (Å²) in [6.07, 6.45) is 1.49. The SMILES string of the molecule is [C-]#[N+]c1cc(F)c(N2C(=O)C3(CCC3)N(c3ccc(C(=O)NC)c(F)c3)C2=S)cc1F. The van der Waals surface area contributed by atoms with E-state index in [2.05, 4.69) is 10.2 Å². The van der Waals surface area contributed by atoms with Gasteiger partial charge < -0.3 is 10.2 Å². The Labute approximate surface area is 181 Å². The molecule has 2 aromatic carbocycles. The third-order valence-corrected chi connectivity index (χ3v) is 6.02. The zero-order valence-corrected chi connectivity index (χ0v) is 17.0. The van der Waals surface area contributed by atoms with Crippen molar-refractivity contribution >= 4 is 46.2 Å². The number of carbonyl (C=O) groups excluding carboxylic acids is 2. The predicted octanol–water partition coefficient (Wildman–Crippen LogP) is 4.08. The minimum atomic E-state index is -1.14. The molecule has 1 saturated heterocycles. The van der Waals surface area contributed by atoms with Crippen molar-refractivity contribution in [3.8, 4) is 0 Å². The number of nitrogens with one attached hydrogen (secondary N) is 1. The van der Waals surface area contributed by atoms with Gasteiger partial charge in [-0.25, -0.2) is 18.0 Å². The van der Waals surface area contributed by atoms with Gasteiger partial charge in [-0.1, -0.05) is 0 Å². The summed E-state index contributed by atoms with van der Waals surface area (Å²) in [6.45, 7) is 6.91. The van der Waals surface area contributed by atoms with E-state index in [4.69, 9.17) is 18.8 Å². The summed E-state index contributed by atoms with van der Waals surface area (Å²) in [6, 6.07) is 5.29. The smallest absolute Gasteiger partial charge is 0.259 e. The van der Waals surface area contributed by atoms with E-state index in [1.807, 2.05) is 0 Å². The first kappa shape index (κ1) is 20.8. The fraction of sp³-hybridized carbons (Fsp3) is 0.238. The van der Waals surface area contributed by atoms with Gasteiger partial charge in [-0.05, 0) is 61.8 Å². The van der Waals surface area contributed by atoms with Crippen molar-refractivity contribution in [1.82, 2.24) is 5.32 Å². The Morgan fingerprint density at radius 3 is 2.42 bits per heavy atom. The second-order valence-electron chi connectivity index (χ2n) is 7.25. The van der Waals surface area contributed by atoms with Crippen molar-refractivity contribution in [2.75, 3.05) is 16.8 Å². The van der Waals surface area contributed by atoms with Crippen molar-refractivity contribution in [3.63, 3.8) is 0 Å². The summed E-state index contributed by atoms with van der Waals surface area (Å²) in [4.78, 5) is 30.3. The van der Waals surface area contributed by atoms with Gasteiger partial charge >= 0.3 is 0 Å². The van der Waals surface area contributed by atoms with E-state index >= 15 is 0 Å². The normalized spacial score (nSPS) is 17.0. The van der Waals surface area contributed by atoms with Crippen LogP contribution in [0.2, 0.25) is 0 Å². The summed E-state index contributed by atoms with van der Waals surface area (Å²) in [5.74, 6) is -3.92. The van der Waals surface area contributed by atoms with E-state index in [0.717, 1.165) is 17.0 Å². The number of carbonyl (C=O) groups is 2. The Hall–Kier alpha value is -3.45. The molecule has 0 atom stereocenters. The van der Waals surface area contributed by atoms with Gasteiger partial charge in [-0.2, -0.15) is 0 Å². The lowest BCUT2D eigenvalue weighted by Crippen LogP contribution is -2.55. The van der Waals surface area contributed by atoms with Crippen LogP contribution in [0.1, 0.15) is 29.6 Å². The molecule has 2 aromatic rings. The van der Waals surface area contributed by atoms with Crippen LogP contribution in [0.4, 0.5) is 30.2 Å². The van der Waals surface area contributed by atoms with Gasteiger partial charge in [0, 0.05) is 12.7 Å². The first-order valence-electron chi connectivity index (χ1n) is 9.32. The van der Waals surface area contributed by atoms with Crippen molar-refractivity contribution in [3.05, 3.63) is 64.8 Å². The van der Waals surface area contributed by atoms with Gasteiger partial charge in [0.1, 0.15) is 23.0 Å². The highest BCUT2D eigenvalue weighted by molar-refractivity contribution is 7.81. The highest BCUT2D eigenvalue weighted by Crippen LogP contribution is 2.48. The number of rotatable bonds is 3. The number of hydrogen-bond donors (Lipinski definition) is 1. The third kappa shape index (κ3) is 2.96. The van der Waals surface area contributed by atoms with E-state index in [1.54, 1.807) is 0 Å². The van der Waals surface area contributed by atoms with Crippen LogP contribution < -0.4 is 15.1 Å². The lowest BCUT2D eigenvalue weighted by molar-refractivity contribution is -0.123. The van der Waals surface area contributed by atoms with Gasteiger partial charge in [-0.15, -0.1) is 0 Å². The number of hydrogen-bond acceptors (Lipinski definition) is 3. The molecule has 2 fully saturated rings. The van der Waals surface area contributed by atoms with Crippen LogP contribution >= 0.6 is 12.2 Å². The molecule has 1 heterocycles. The van der Waals surface area contributed by atoms with E-state index < -0.39 is 46.2 Å². The Bertz CT molecular complexity index is 1190. The maximum absolute atomic E-state index is 14.7. The standard InChI is InChI=1S/C21H15F3N4O2S/c1-25-16-9-15(24)17(10-14(16)23)27-19(30)21(6-3-7-21)28(20(27)31)11-4-5-12(13(22)8-11)18(29)26-2/h4-5,8-10H,3,6-7H2,2H3,(H,26,29). The predicted molar refractivity (Wildman–Crippen MR) is 112 cm³/mol. The molecule has 1 N–H and O–H groups in total. The molecular formula is C21H15F3N4O2S. The van der Waals surface area contributed by atoms with Crippen LogP contribution in [0.5, 0.6) is 0 Å². The number of anilines is 2. The Kier molecular flexibility index (Phi) is 4.94. The van der Waals surface area contributed by atoms with E-state index in [0.29, 0.717) is 25.3 Å². The number of nitrogens with zero attached hydrogens (tertiary/aromatic N) is 3.